The van der Waals surface area contributed by atoms with Crippen LogP contribution in [0.5, 0.6) is 0 Å². The number of hydrogen-bond donors (Lipinski definition) is 1. The average molecular weight is 155 g/mol. The Bertz CT molecular complexity index is 167. The minimum Gasteiger partial charge on any atom is -0.328 e. The fourth-order valence-electron chi connectivity index (χ4n) is 0.825. The quantitative estimate of drug-likeness (QED) is 0.710. The lowest BCUT2D eigenvalue weighted by atomic mass is 10.2. The maximum absolute atomic E-state index is 5.61. The van der Waals surface area contributed by atoms with Crippen molar-refractivity contribution < 1.29 is 0 Å². The first-order valence-electron chi connectivity index (χ1n) is 3.57. The van der Waals surface area contributed by atoms with E-state index in [2.05, 4.69) is 17.5 Å². The third-order valence-corrected chi connectivity index (χ3v) is 2.36. The topological polar surface area (TPSA) is 26.0 Å². The SMILES string of the molecule is C[C@@H](N)CCc1cccs1. The molecule has 0 fully saturated rings. The van der Waals surface area contributed by atoms with Crippen molar-refractivity contribution >= 4 is 11.3 Å². The van der Waals surface area contributed by atoms with Gasteiger partial charge < -0.3 is 5.73 Å². The molecule has 1 heterocycles. The van der Waals surface area contributed by atoms with Gasteiger partial charge in [-0.15, -0.1) is 11.3 Å². The summed E-state index contributed by atoms with van der Waals surface area (Å²) < 4.78 is 0. The molecule has 1 aromatic heterocycles. The standard InChI is InChI=1S/C8H13NS/c1-7(9)4-5-8-3-2-6-10-8/h2-3,6-7H,4-5,9H2,1H3/t7-/m1/s1. The number of thiophene rings is 1. The molecule has 0 aliphatic heterocycles. The van der Waals surface area contributed by atoms with Crippen molar-refractivity contribution in [2.75, 3.05) is 0 Å². The van der Waals surface area contributed by atoms with Crippen LogP contribution in [0, 0.1) is 0 Å². The van der Waals surface area contributed by atoms with Crippen molar-refractivity contribution in [1.29, 1.82) is 0 Å². The van der Waals surface area contributed by atoms with Gasteiger partial charge in [0.2, 0.25) is 0 Å². The van der Waals surface area contributed by atoms with Gasteiger partial charge in [-0.3, -0.25) is 0 Å². The summed E-state index contributed by atoms with van der Waals surface area (Å²) >= 11 is 1.81. The Morgan fingerprint density at radius 1 is 1.70 bits per heavy atom. The fraction of sp³-hybridized carbons (Fsp3) is 0.500. The van der Waals surface area contributed by atoms with E-state index in [0.717, 1.165) is 12.8 Å². The highest BCUT2D eigenvalue weighted by molar-refractivity contribution is 7.09. The van der Waals surface area contributed by atoms with Crippen LogP contribution in [0.4, 0.5) is 0 Å². The van der Waals surface area contributed by atoms with Crippen molar-refractivity contribution in [2.24, 2.45) is 5.73 Å². The van der Waals surface area contributed by atoms with Crippen LogP contribution in [-0.4, -0.2) is 6.04 Å². The first-order valence-corrected chi connectivity index (χ1v) is 4.45. The summed E-state index contributed by atoms with van der Waals surface area (Å²) in [6.45, 7) is 2.05. The van der Waals surface area contributed by atoms with Crippen LogP contribution >= 0.6 is 11.3 Å². The molecule has 1 rings (SSSR count). The summed E-state index contributed by atoms with van der Waals surface area (Å²) in [4.78, 5) is 1.44. The summed E-state index contributed by atoms with van der Waals surface area (Å²) in [5.41, 5.74) is 5.61. The molecule has 1 nitrogen and oxygen atoms in total. The zero-order valence-electron chi connectivity index (χ0n) is 6.21. The molecular weight excluding hydrogens is 142 g/mol. The van der Waals surface area contributed by atoms with Crippen LogP contribution in [0.2, 0.25) is 0 Å². The first kappa shape index (κ1) is 7.76. The molecule has 0 unspecified atom stereocenters. The normalized spacial score (nSPS) is 13.4. The lowest BCUT2D eigenvalue weighted by molar-refractivity contribution is 0.670. The highest BCUT2D eigenvalue weighted by Crippen LogP contribution is 2.11. The zero-order valence-corrected chi connectivity index (χ0v) is 7.03. The van der Waals surface area contributed by atoms with Gasteiger partial charge in [-0.05, 0) is 31.2 Å². The maximum atomic E-state index is 5.61. The smallest absolute Gasteiger partial charge is 0.00458 e. The Morgan fingerprint density at radius 2 is 2.50 bits per heavy atom. The van der Waals surface area contributed by atoms with Crippen molar-refractivity contribution in [1.82, 2.24) is 0 Å². The van der Waals surface area contributed by atoms with Gasteiger partial charge in [-0.1, -0.05) is 6.07 Å². The molecule has 56 valence electrons. The van der Waals surface area contributed by atoms with Crippen LogP contribution in [0.3, 0.4) is 0 Å². The Labute approximate surface area is 65.9 Å². The molecule has 1 atom stereocenters. The number of hydrogen-bond acceptors (Lipinski definition) is 2. The van der Waals surface area contributed by atoms with Crippen LogP contribution < -0.4 is 5.73 Å². The van der Waals surface area contributed by atoms with Crippen LogP contribution in [0.15, 0.2) is 17.5 Å². The summed E-state index contributed by atoms with van der Waals surface area (Å²) in [5, 5.41) is 2.11. The van der Waals surface area contributed by atoms with Gasteiger partial charge in [-0.25, -0.2) is 0 Å². The minimum absolute atomic E-state index is 0.335. The Kier molecular flexibility index (Phi) is 2.90. The second-order valence-electron chi connectivity index (χ2n) is 2.60. The van der Waals surface area contributed by atoms with Crippen molar-refractivity contribution in [2.45, 2.75) is 25.8 Å². The number of rotatable bonds is 3. The molecule has 0 spiro atoms. The van der Waals surface area contributed by atoms with E-state index in [0.29, 0.717) is 6.04 Å². The summed E-state index contributed by atoms with van der Waals surface area (Å²) in [5.74, 6) is 0. The molecule has 0 saturated heterocycles. The van der Waals surface area contributed by atoms with E-state index in [1.165, 1.54) is 4.88 Å². The van der Waals surface area contributed by atoms with E-state index < -0.39 is 0 Å². The molecule has 10 heavy (non-hydrogen) atoms. The lowest BCUT2D eigenvalue weighted by Gasteiger charge is -2.00. The van der Waals surface area contributed by atoms with Crippen molar-refractivity contribution in [3.8, 4) is 0 Å². The summed E-state index contributed by atoms with van der Waals surface area (Å²) in [6.07, 6.45) is 2.23. The fourth-order valence-corrected chi connectivity index (χ4v) is 1.55. The van der Waals surface area contributed by atoms with E-state index in [4.69, 9.17) is 5.73 Å². The third-order valence-electron chi connectivity index (χ3n) is 1.43. The van der Waals surface area contributed by atoms with Gasteiger partial charge in [0.1, 0.15) is 0 Å². The molecule has 1 aromatic rings. The zero-order chi connectivity index (χ0) is 7.40. The Balaban J connectivity index is 2.28. The monoisotopic (exact) mass is 155 g/mol. The van der Waals surface area contributed by atoms with E-state index >= 15 is 0 Å². The largest absolute Gasteiger partial charge is 0.328 e. The minimum atomic E-state index is 0.335. The maximum Gasteiger partial charge on any atom is 0.00458 e. The molecule has 2 heteroatoms. The third kappa shape index (κ3) is 2.50. The summed E-state index contributed by atoms with van der Waals surface area (Å²) in [7, 11) is 0. The van der Waals surface area contributed by atoms with Crippen molar-refractivity contribution in [3.05, 3.63) is 22.4 Å². The number of nitrogens with two attached hydrogens (primary N) is 1. The molecule has 0 saturated carbocycles. The van der Waals surface area contributed by atoms with Gasteiger partial charge in [0.25, 0.3) is 0 Å². The summed E-state index contributed by atoms with van der Waals surface area (Å²) in [6, 6.07) is 4.58. The van der Waals surface area contributed by atoms with Gasteiger partial charge in [0, 0.05) is 10.9 Å². The highest BCUT2D eigenvalue weighted by atomic mass is 32.1. The second kappa shape index (κ2) is 3.74. The molecular formula is C8H13NS. The second-order valence-corrected chi connectivity index (χ2v) is 3.63. The number of aryl methyl sites for hydroxylation is 1. The van der Waals surface area contributed by atoms with Gasteiger partial charge in [0.15, 0.2) is 0 Å². The molecule has 0 aliphatic carbocycles. The molecule has 0 radical (unpaired) electrons. The predicted octanol–water partition coefficient (Wildman–Crippen LogP) is 2.03. The Morgan fingerprint density at radius 3 is 3.00 bits per heavy atom. The molecule has 2 N–H and O–H groups in total. The highest BCUT2D eigenvalue weighted by Gasteiger charge is 1.96. The molecule has 0 amide bonds. The van der Waals surface area contributed by atoms with E-state index in [1.54, 1.807) is 0 Å². The molecule has 0 aliphatic rings. The molecule has 0 aromatic carbocycles. The first-order chi connectivity index (χ1) is 4.79. The van der Waals surface area contributed by atoms with Crippen molar-refractivity contribution in [3.63, 3.8) is 0 Å². The van der Waals surface area contributed by atoms with E-state index in [1.807, 2.05) is 18.3 Å². The van der Waals surface area contributed by atoms with E-state index in [-0.39, 0.29) is 0 Å². The average Bonchev–Trinajstić information content (AvgIpc) is 2.34. The molecule has 0 bridgehead atoms. The van der Waals surface area contributed by atoms with Crippen LogP contribution in [0.25, 0.3) is 0 Å². The van der Waals surface area contributed by atoms with Gasteiger partial charge in [-0.2, -0.15) is 0 Å². The van der Waals surface area contributed by atoms with Crippen LogP contribution in [0.1, 0.15) is 18.2 Å². The van der Waals surface area contributed by atoms with Gasteiger partial charge >= 0.3 is 0 Å². The van der Waals surface area contributed by atoms with Gasteiger partial charge in [0.05, 0.1) is 0 Å². The Hall–Kier alpha value is -0.340. The van der Waals surface area contributed by atoms with Crippen LogP contribution in [-0.2, 0) is 6.42 Å². The predicted molar refractivity (Wildman–Crippen MR) is 46.3 cm³/mol. The van der Waals surface area contributed by atoms with E-state index in [9.17, 15) is 0 Å². The lowest BCUT2D eigenvalue weighted by Crippen LogP contribution is -2.14.